The second-order valence-electron chi connectivity index (χ2n) is 4.56. The highest BCUT2D eigenvalue weighted by atomic mass is 32.2. The van der Waals surface area contributed by atoms with Crippen molar-refractivity contribution in [1.29, 1.82) is 0 Å². The van der Waals surface area contributed by atoms with Crippen LogP contribution >= 0.6 is 0 Å². The van der Waals surface area contributed by atoms with E-state index in [-0.39, 0.29) is 17.0 Å². The third kappa shape index (κ3) is 2.33. The molecule has 0 bridgehead atoms. The molecule has 7 heteroatoms. The van der Waals surface area contributed by atoms with Gasteiger partial charge in [-0.25, -0.2) is 8.42 Å². The van der Waals surface area contributed by atoms with E-state index < -0.39 is 15.6 Å². The lowest BCUT2D eigenvalue weighted by Gasteiger charge is -2.27. The smallest absolute Gasteiger partial charge is 0.274 e. The Morgan fingerprint density at radius 3 is 2.72 bits per heavy atom. The van der Waals surface area contributed by atoms with Gasteiger partial charge in [0.25, 0.3) is 10.0 Å². The highest BCUT2D eigenvalue weighted by molar-refractivity contribution is 7.89. The molecule has 0 aromatic carbocycles. The molecule has 0 radical (unpaired) electrons. The Bertz CT molecular complexity index is 550. The maximum absolute atomic E-state index is 12.1. The number of hydrogen-bond donors (Lipinski definition) is 1. The summed E-state index contributed by atoms with van der Waals surface area (Å²) in [6.45, 7) is 4.11. The summed E-state index contributed by atoms with van der Waals surface area (Å²) in [6, 6.07) is 2.58. The zero-order chi connectivity index (χ0) is 13.4. The van der Waals surface area contributed by atoms with Crippen LogP contribution < -0.4 is 4.72 Å². The molecule has 0 spiro atoms. The maximum atomic E-state index is 12.1. The molecule has 0 amide bonds. The minimum atomic E-state index is -3.78. The number of hydrogen-bond acceptors (Lipinski definition) is 5. The average Bonchev–Trinajstić information content (AvgIpc) is 2.87. The summed E-state index contributed by atoms with van der Waals surface area (Å²) in [4.78, 5) is 10.5. The van der Waals surface area contributed by atoms with E-state index >= 15 is 0 Å². The summed E-state index contributed by atoms with van der Waals surface area (Å²) in [6.07, 6.45) is 0.837. The number of ether oxygens (including phenoxy) is 1. The average molecular weight is 273 g/mol. The van der Waals surface area contributed by atoms with Crippen LogP contribution in [-0.2, 0) is 14.8 Å². The van der Waals surface area contributed by atoms with Crippen LogP contribution in [0.25, 0.3) is 0 Å². The van der Waals surface area contributed by atoms with E-state index in [2.05, 4.69) is 4.72 Å². The second kappa shape index (κ2) is 4.49. The maximum Gasteiger partial charge on any atom is 0.274 e. The fourth-order valence-electron chi connectivity index (χ4n) is 1.87. The number of rotatable bonds is 4. The first-order valence-corrected chi connectivity index (χ1v) is 7.06. The predicted octanol–water partition coefficient (Wildman–Crippen LogP) is 0.938. The van der Waals surface area contributed by atoms with E-state index in [1.807, 2.05) is 6.92 Å². The minimum Gasteiger partial charge on any atom is -0.440 e. The van der Waals surface area contributed by atoms with Crippen LogP contribution in [0.3, 0.4) is 0 Å². The zero-order valence-electron chi connectivity index (χ0n) is 10.2. The molecule has 1 aromatic heterocycles. The largest absolute Gasteiger partial charge is 0.440 e. The van der Waals surface area contributed by atoms with Crippen molar-refractivity contribution in [1.82, 2.24) is 4.72 Å². The van der Waals surface area contributed by atoms with E-state index in [0.29, 0.717) is 19.3 Å². The van der Waals surface area contributed by atoms with Gasteiger partial charge in [0.15, 0.2) is 12.0 Å². The number of carbonyl (C=O) groups excluding carboxylic acids is 1. The first-order chi connectivity index (χ1) is 8.37. The molecule has 2 rings (SSSR count). The Morgan fingerprint density at radius 1 is 1.50 bits per heavy atom. The van der Waals surface area contributed by atoms with Gasteiger partial charge < -0.3 is 9.15 Å². The van der Waals surface area contributed by atoms with Crippen molar-refractivity contribution in [3.05, 3.63) is 17.9 Å². The standard InChI is InChI=1S/C11H15NO5S/c1-8-11(2,5-6-16-8)12-18(14,15)10-4-3-9(7-13)17-10/h3-4,7-8,12H,5-6H2,1-2H3. The van der Waals surface area contributed by atoms with Gasteiger partial charge in [0.1, 0.15) is 0 Å². The predicted molar refractivity (Wildman–Crippen MR) is 62.9 cm³/mol. The summed E-state index contributed by atoms with van der Waals surface area (Å²) in [5, 5.41) is -0.259. The van der Waals surface area contributed by atoms with Gasteiger partial charge in [0.05, 0.1) is 11.6 Å². The first kappa shape index (κ1) is 13.3. The summed E-state index contributed by atoms with van der Waals surface area (Å²) < 4.78 is 37.0. The Kier molecular flexibility index (Phi) is 3.31. The highest BCUT2D eigenvalue weighted by Crippen LogP contribution is 2.27. The fraction of sp³-hybridized carbons (Fsp3) is 0.545. The topological polar surface area (TPSA) is 85.6 Å². The third-order valence-corrected chi connectivity index (χ3v) is 4.72. The zero-order valence-corrected chi connectivity index (χ0v) is 11.0. The summed E-state index contributed by atoms with van der Waals surface area (Å²) in [5.41, 5.74) is -0.660. The molecular formula is C11H15NO5S. The number of furan rings is 1. The first-order valence-electron chi connectivity index (χ1n) is 5.58. The van der Waals surface area contributed by atoms with Gasteiger partial charge in [0.2, 0.25) is 5.09 Å². The molecular weight excluding hydrogens is 258 g/mol. The fourth-order valence-corrected chi connectivity index (χ4v) is 3.30. The van der Waals surface area contributed by atoms with Crippen LogP contribution in [0.1, 0.15) is 30.8 Å². The molecule has 100 valence electrons. The van der Waals surface area contributed by atoms with E-state index in [0.717, 1.165) is 0 Å². The van der Waals surface area contributed by atoms with Crippen LogP contribution in [0.5, 0.6) is 0 Å². The summed E-state index contributed by atoms with van der Waals surface area (Å²) >= 11 is 0. The highest BCUT2D eigenvalue weighted by Gasteiger charge is 2.41. The van der Waals surface area contributed by atoms with E-state index in [1.54, 1.807) is 6.92 Å². The molecule has 0 aliphatic carbocycles. The number of sulfonamides is 1. The van der Waals surface area contributed by atoms with Crippen molar-refractivity contribution in [2.24, 2.45) is 0 Å². The molecule has 2 unspecified atom stereocenters. The van der Waals surface area contributed by atoms with E-state index in [4.69, 9.17) is 9.15 Å². The molecule has 0 saturated carbocycles. The second-order valence-corrected chi connectivity index (χ2v) is 6.17. The Balaban J connectivity index is 2.24. The lowest BCUT2D eigenvalue weighted by atomic mass is 9.97. The molecule has 1 N–H and O–H groups in total. The SMILES string of the molecule is CC1OCCC1(C)NS(=O)(=O)c1ccc(C=O)o1. The van der Waals surface area contributed by atoms with Gasteiger partial charge in [-0.05, 0) is 32.4 Å². The van der Waals surface area contributed by atoms with E-state index in [9.17, 15) is 13.2 Å². The van der Waals surface area contributed by atoms with Crippen molar-refractivity contribution < 1.29 is 22.4 Å². The van der Waals surface area contributed by atoms with Crippen LogP contribution in [0.4, 0.5) is 0 Å². The van der Waals surface area contributed by atoms with Crippen LogP contribution in [0.2, 0.25) is 0 Å². The molecule has 1 aromatic rings. The van der Waals surface area contributed by atoms with E-state index in [1.165, 1.54) is 12.1 Å². The van der Waals surface area contributed by atoms with Gasteiger partial charge >= 0.3 is 0 Å². The van der Waals surface area contributed by atoms with Crippen molar-refractivity contribution >= 4 is 16.3 Å². The quantitative estimate of drug-likeness (QED) is 0.825. The monoisotopic (exact) mass is 273 g/mol. The lowest BCUT2D eigenvalue weighted by Crippen LogP contribution is -2.50. The van der Waals surface area contributed by atoms with Gasteiger partial charge in [-0.3, -0.25) is 4.79 Å². The van der Waals surface area contributed by atoms with Gasteiger partial charge in [-0.1, -0.05) is 0 Å². The van der Waals surface area contributed by atoms with Crippen molar-refractivity contribution in [2.75, 3.05) is 6.61 Å². The molecule has 1 saturated heterocycles. The summed E-state index contributed by atoms with van der Waals surface area (Å²) in [5.74, 6) is -0.0174. The molecule has 2 atom stereocenters. The van der Waals surface area contributed by atoms with Crippen molar-refractivity contribution in [3.8, 4) is 0 Å². The third-order valence-electron chi connectivity index (χ3n) is 3.24. The molecule has 1 aliphatic heterocycles. The number of aldehydes is 1. The van der Waals surface area contributed by atoms with Crippen molar-refractivity contribution in [3.63, 3.8) is 0 Å². The van der Waals surface area contributed by atoms with Crippen molar-refractivity contribution in [2.45, 2.75) is 37.0 Å². The Labute approximate surface area is 105 Å². The number of nitrogens with one attached hydrogen (secondary N) is 1. The van der Waals surface area contributed by atoms with Crippen LogP contribution in [0.15, 0.2) is 21.6 Å². The lowest BCUT2D eigenvalue weighted by molar-refractivity contribution is 0.0955. The Hall–Kier alpha value is -1.18. The Morgan fingerprint density at radius 2 is 2.22 bits per heavy atom. The minimum absolute atomic E-state index is 0.0174. The van der Waals surface area contributed by atoms with Gasteiger partial charge in [0, 0.05) is 6.61 Å². The van der Waals surface area contributed by atoms with Crippen LogP contribution in [-0.4, -0.2) is 33.0 Å². The number of carbonyl (C=O) groups is 1. The summed E-state index contributed by atoms with van der Waals surface area (Å²) in [7, 11) is -3.78. The molecule has 2 heterocycles. The molecule has 1 aliphatic rings. The molecule has 18 heavy (non-hydrogen) atoms. The normalized spacial score (nSPS) is 28.4. The molecule has 6 nitrogen and oxygen atoms in total. The van der Waals surface area contributed by atoms with Gasteiger partial charge in [-0.15, -0.1) is 0 Å². The molecule has 1 fully saturated rings. The van der Waals surface area contributed by atoms with Gasteiger partial charge in [-0.2, -0.15) is 4.72 Å². The van der Waals surface area contributed by atoms with Crippen LogP contribution in [0, 0.1) is 0 Å².